The maximum Gasteiger partial charge on any atom is 0.351 e. The van der Waals surface area contributed by atoms with Crippen LogP contribution >= 0.6 is 0 Å². The molecule has 0 aliphatic carbocycles. The Balaban J connectivity index is 2.05. The third-order valence-corrected chi connectivity index (χ3v) is 3.80. The molecule has 0 atom stereocenters. The Hall–Kier alpha value is -3.02. The van der Waals surface area contributed by atoms with Crippen molar-refractivity contribution in [2.45, 2.75) is 13.5 Å². The Labute approximate surface area is 139 Å². The van der Waals surface area contributed by atoms with Gasteiger partial charge in [-0.25, -0.2) is 14.0 Å². The van der Waals surface area contributed by atoms with Crippen LogP contribution in [0.3, 0.4) is 0 Å². The molecule has 24 heavy (non-hydrogen) atoms. The van der Waals surface area contributed by atoms with E-state index in [1.165, 1.54) is 4.68 Å². The first-order chi connectivity index (χ1) is 11.6. The fourth-order valence-electron chi connectivity index (χ4n) is 2.62. The van der Waals surface area contributed by atoms with Crippen LogP contribution in [-0.4, -0.2) is 28.6 Å². The molecule has 0 aliphatic rings. The highest BCUT2D eigenvalue weighted by Gasteiger charge is 2.16. The predicted molar refractivity (Wildman–Crippen MR) is 91.2 cm³/mol. The van der Waals surface area contributed by atoms with Gasteiger partial charge in [0.2, 0.25) is 0 Å². The van der Waals surface area contributed by atoms with E-state index < -0.39 is 0 Å². The summed E-state index contributed by atoms with van der Waals surface area (Å²) in [6, 6.07) is 15.1. The van der Waals surface area contributed by atoms with Crippen LogP contribution in [0.25, 0.3) is 5.69 Å². The molecule has 0 fully saturated rings. The lowest BCUT2D eigenvalue weighted by Gasteiger charge is -2.10. The van der Waals surface area contributed by atoms with Crippen molar-refractivity contribution in [1.29, 1.82) is 0 Å². The van der Waals surface area contributed by atoms with Gasteiger partial charge in [0.25, 0.3) is 0 Å². The zero-order valence-corrected chi connectivity index (χ0v) is 13.9. The molecule has 6 nitrogen and oxygen atoms in total. The van der Waals surface area contributed by atoms with Crippen LogP contribution in [0.5, 0.6) is 11.5 Å². The van der Waals surface area contributed by atoms with Gasteiger partial charge in [0.05, 0.1) is 26.5 Å². The van der Waals surface area contributed by atoms with Gasteiger partial charge in [0, 0.05) is 6.07 Å². The number of ether oxygens (including phenoxy) is 2. The van der Waals surface area contributed by atoms with Crippen LogP contribution in [-0.2, 0) is 6.54 Å². The summed E-state index contributed by atoms with van der Waals surface area (Å²) in [6.45, 7) is 2.22. The number of aryl methyl sites for hydroxylation is 1. The molecule has 124 valence electrons. The molecule has 3 rings (SSSR count). The van der Waals surface area contributed by atoms with E-state index in [1.54, 1.807) is 43.9 Å². The zero-order chi connectivity index (χ0) is 17.1. The van der Waals surface area contributed by atoms with Gasteiger partial charge in [-0.05, 0) is 24.6 Å². The summed E-state index contributed by atoms with van der Waals surface area (Å²) in [5.41, 5.74) is 1.45. The molecule has 0 N–H and O–H groups in total. The van der Waals surface area contributed by atoms with Crippen molar-refractivity contribution in [2.24, 2.45) is 0 Å². The van der Waals surface area contributed by atoms with Crippen LogP contribution in [0.4, 0.5) is 0 Å². The minimum atomic E-state index is -0.209. The first-order valence-corrected chi connectivity index (χ1v) is 7.57. The Morgan fingerprint density at radius 1 is 1.04 bits per heavy atom. The van der Waals surface area contributed by atoms with E-state index in [4.69, 9.17) is 9.47 Å². The Morgan fingerprint density at radius 3 is 2.46 bits per heavy atom. The summed E-state index contributed by atoms with van der Waals surface area (Å²) in [7, 11) is 3.15. The van der Waals surface area contributed by atoms with Crippen molar-refractivity contribution in [3.8, 4) is 17.2 Å². The fourth-order valence-corrected chi connectivity index (χ4v) is 2.62. The van der Waals surface area contributed by atoms with E-state index >= 15 is 0 Å². The second-order valence-electron chi connectivity index (χ2n) is 5.35. The van der Waals surface area contributed by atoms with Crippen LogP contribution in [0, 0.1) is 6.92 Å². The number of nitrogens with zero attached hydrogens (tertiary/aromatic N) is 3. The zero-order valence-electron chi connectivity index (χ0n) is 13.9. The topological polar surface area (TPSA) is 58.3 Å². The highest BCUT2D eigenvalue weighted by atomic mass is 16.5. The third kappa shape index (κ3) is 2.90. The molecule has 1 heterocycles. The van der Waals surface area contributed by atoms with Gasteiger partial charge >= 0.3 is 5.69 Å². The maximum absolute atomic E-state index is 12.8. The fraction of sp³-hybridized carbons (Fsp3) is 0.222. The van der Waals surface area contributed by atoms with E-state index in [1.807, 2.05) is 30.3 Å². The number of hydrogen-bond acceptors (Lipinski definition) is 4. The third-order valence-electron chi connectivity index (χ3n) is 3.80. The largest absolute Gasteiger partial charge is 0.497 e. The van der Waals surface area contributed by atoms with E-state index in [0.29, 0.717) is 29.6 Å². The number of hydrogen-bond donors (Lipinski definition) is 0. The molecular weight excluding hydrogens is 306 g/mol. The second-order valence-corrected chi connectivity index (χ2v) is 5.35. The van der Waals surface area contributed by atoms with Gasteiger partial charge in [-0.1, -0.05) is 30.3 Å². The molecule has 0 saturated carbocycles. The normalized spacial score (nSPS) is 10.6. The highest BCUT2D eigenvalue weighted by molar-refractivity contribution is 5.51. The van der Waals surface area contributed by atoms with Gasteiger partial charge < -0.3 is 9.47 Å². The molecule has 0 amide bonds. The molecule has 3 aromatic rings. The van der Waals surface area contributed by atoms with Gasteiger partial charge in [0.15, 0.2) is 0 Å². The minimum Gasteiger partial charge on any atom is -0.497 e. The summed E-state index contributed by atoms with van der Waals surface area (Å²) >= 11 is 0. The second kappa shape index (κ2) is 6.62. The van der Waals surface area contributed by atoms with E-state index in [2.05, 4.69) is 5.10 Å². The molecule has 1 aromatic heterocycles. The Bertz CT molecular complexity index is 898. The quantitative estimate of drug-likeness (QED) is 0.723. The predicted octanol–water partition coefficient (Wildman–Crippen LogP) is 2.41. The van der Waals surface area contributed by atoms with Crippen LogP contribution < -0.4 is 15.2 Å². The van der Waals surface area contributed by atoms with Gasteiger partial charge in [-0.15, -0.1) is 0 Å². The summed E-state index contributed by atoms with van der Waals surface area (Å²) in [5.74, 6) is 1.82. The SMILES string of the molecule is COc1ccc(-n2c(C)nn(Cc3ccccc3)c2=O)c(OC)c1. The Kier molecular flexibility index (Phi) is 4.37. The van der Waals surface area contributed by atoms with Crippen LogP contribution in [0.15, 0.2) is 53.3 Å². The first kappa shape index (κ1) is 15.9. The maximum atomic E-state index is 12.8. The van der Waals surface area contributed by atoms with Crippen LogP contribution in [0.2, 0.25) is 0 Å². The molecule has 0 aliphatic heterocycles. The van der Waals surface area contributed by atoms with Crippen LogP contribution in [0.1, 0.15) is 11.4 Å². The molecular formula is C18H19N3O3. The number of aromatic nitrogens is 3. The van der Waals surface area contributed by atoms with E-state index in [-0.39, 0.29) is 5.69 Å². The summed E-state index contributed by atoms with van der Waals surface area (Å²) < 4.78 is 13.6. The monoisotopic (exact) mass is 325 g/mol. The lowest BCUT2D eigenvalue weighted by molar-refractivity contribution is 0.393. The number of rotatable bonds is 5. The van der Waals surface area contributed by atoms with Gasteiger partial charge in [-0.2, -0.15) is 5.10 Å². The Morgan fingerprint density at radius 2 is 1.79 bits per heavy atom. The van der Waals surface area contributed by atoms with Crippen molar-refractivity contribution in [1.82, 2.24) is 14.3 Å². The summed E-state index contributed by atoms with van der Waals surface area (Å²) in [5, 5.41) is 4.38. The molecule has 0 saturated heterocycles. The van der Waals surface area contributed by atoms with Gasteiger partial charge in [0.1, 0.15) is 17.3 Å². The lowest BCUT2D eigenvalue weighted by atomic mass is 10.2. The molecule has 0 unspecified atom stereocenters. The average Bonchev–Trinajstić information content (AvgIpc) is 2.89. The highest BCUT2D eigenvalue weighted by Crippen LogP contribution is 2.27. The standard InChI is InChI=1S/C18H19N3O3/c1-13-19-20(12-14-7-5-4-6-8-14)18(22)21(13)16-10-9-15(23-2)11-17(16)24-3/h4-11H,12H2,1-3H3. The van der Waals surface area contributed by atoms with E-state index in [0.717, 1.165) is 5.56 Å². The minimum absolute atomic E-state index is 0.209. The number of methoxy groups -OCH3 is 2. The first-order valence-electron chi connectivity index (χ1n) is 7.57. The summed E-state index contributed by atoms with van der Waals surface area (Å²) in [4.78, 5) is 12.8. The van der Waals surface area contributed by atoms with Crippen molar-refractivity contribution in [2.75, 3.05) is 14.2 Å². The summed E-state index contributed by atoms with van der Waals surface area (Å²) in [6.07, 6.45) is 0. The van der Waals surface area contributed by atoms with Crippen molar-refractivity contribution < 1.29 is 9.47 Å². The molecule has 2 aromatic carbocycles. The number of benzene rings is 2. The lowest BCUT2D eigenvalue weighted by Crippen LogP contribution is -2.25. The van der Waals surface area contributed by atoms with Crippen molar-refractivity contribution in [3.05, 3.63) is 70.4 Å². The molecule has 0 bridgehead atoms. The smallest absolute Gasteiger partial charge is 0.351 e. The van der Waals surface area contributed by atoms with E-state index in [9.17, 15) is 4.79 Å². The van der Waals surface area contributed by atoms with Crippen molar-refractivity contribution in [3.63, 3.8) is 0 Å². The molecule has 6 heteroatoms. The molecule has 0 spiro atoms. The average molecular weight is 325 g/mol. The van der Waals surface area contributed by atoms with Gasteiger partial charge in [-0.3, -0.25) is 0 Å². The molecule has 0 radical (unpaired) electrons. The van der Waals surface area contributed by atoms with Crippen molar-refractivity contribution >= 4 is 0 Å².